The van der Waals surface area contributed by atoms with Crippen molar-refractivity contribution in [1.82, 2.24) is 9.97 Å². The maximum Gasteiger partial charge on any atom is 0.225 e. The van der Waals surface area contributed by atoms with Crippen molar-refractivity contribution in [2.45, 2.75) is 20.8 Å². The summed E-state index contributed by atoms with van der Waals surface area (Å²) in [6, 6.07) is 2.15. The molecule has 2 rings (SSSR count). The fourth-order valence-electron chi connectivity index (χ4n) is 1.73. The van der Waals surface area contributed by atoms with Crippen molar-refractivity contribution < 1.29 is 4.79 Å². The molecule has 0 bridgehead atoms. The number of aromatic nitrogens is 2. The molecule has 0 spiro atoms. The monoisotopic (exact) mass is 318 g/mol. The van der Waals surface area contributed by atoms with Crippen molar-refractivity contribution in [3.8, 4) is 6.07 Å². The number of carbonyl (C=O) groups is 1. The Kier molecular flexibility index (Phi) is 4.83. The molecule has 108 valence electrons. The van der Waals surface area contributed by atoms with Gasteiger partial charge in [-0.1, -0.05) is 0 Å². The number of anilines is 1. The minimum atomic E-state index is -0.0431. The van der Waals surface area contributed by atoms with Crippen LogP contribution in [-0.2, 0) is 4.79 Å². The molecule has 1 amide bonds. The summed E-state index contributed by atoms with van der Waals surface area (Å²) in [6.45, 7) is 5.88. The lowest BCUT2D eigenvalue weighted by atomic mass is 10.2. The van der Waals surface area contributed by atoms with E-state index in [0.29, 0.717) is 28.0 Å². The van der Waals surface area contributed by atoms with Gasteiger partial charge in [-0.05, 0) is 19.9 Å². The van der Waals surface area contributed by atoms with Gasteiger partial charge in [0, 0.05) is 29.9 Å². The zero-order valence-electron chi connectivity index (χ0n) is 12.0. The number of rotatable bonds is 4. The van der Waals surface area contributed by atoms with Gasteiger partial charge in [0.1, 0.15) is 11.1 Å². The second-order valence-electron chi connectivity index (χ2n) is 4.28. The molecule has 5 nitrogen and oxygen atoms in total. The van der Waals surface area contributed by atoms with Gasteiger partial charge in [0.15, 0.2) is 5.13 Å². The van der Waals surface area contributed by atoms with E-state index in [9.17, 15) is 10.1 Å². The van der Waals surface area contributed by atoms with Crippen LogP contribution in [-0.4, -0.2) is 22.4 Å². The highest BCUT2D eigenvalue weighted by molar-refractivity contribution is 7.14. The number of nitrogens with zero attached hydrogens (tertiary/aromatic N) is 4. The van der Waals surface area contributed by atoms with Gasteiger partial charge in [-0.2, -0.15) is 5.26 Å². The van der Waals surface area contributed by atoms with Crippen molar-refractivity contribution in [3.63, 3.8) is 0 Å². The predicted octanol–water partition coefficient (Wildman–Crippen LogP) is 3.35. The lowest BCUT2D eigenvalue weighted by Gasteiger charge is -2.14. The second-order valence-corrected chi connectivity index (χ2v) is 5.98. The number of aryl methyl sites for hydroxylation is 1. The third-order valence-corrected chi connectivity index (χ3v) is 4.57. The van der Waals surface area contributed by atoms with Crippen molar-refractivity contribution in [2.75, 3.05) is 11.4 Å². The first kappa shape index (κ1) is 15.4. The molecule has 7 heteroatoms. The number of carbonyl (C=O) groups excluding carboxylic acids is 1. The van der Waals surface area contributed by atoms with Crippen LogP contribution in [0.15, 0.2) is 10.8 Å². The average molecular weight is 318 g/mol. The summed E-state index contributed by atoms with van der Waals surface area (Å²) >= 11 is 2.82. The summed E-state index contributed by atoms with van der Waals surface area (Å²) in [4.78, 5) is 21.8. The number of hydrogen-bond donors (Lipinski definition) is 0. The van der Waals surface area contributed by atoms with E-state index >= 15 is 0 Å². The maximum atomic E-state index is 11.5. The van der Waals surface area contributed by atoms with Crippen molar-refractivity contribution in [1.29, 1.82) is 5.26 Å². The zero-order chi connectivity index (χ0) is 15.4. The van der Waals surface area contributed by atoms with Gasteiger partial charge < -0.3 is 0 Å². The van der Waals surface area contributed by atoms with Gasteiger partial charge in [0.05, 0.1) is 11.3 Å². The van der Waals surface area contributed by atoms with Gasteiger partial charge in [0.2, 0.25) is 5.91 Å². The van der Waals surface area contributed by atoms with Crippen molar-refractivity contribution >= 4 is 45.4 Å². The van der Waals surface area contributed by atoms with E-state index in [4.69, 9.17) is 0 Å². The molecule has 2 aromatic heterocycles. The van der Waals surface area contributed by atoms with Crippen LogP contribution in [0, 0.1) is 18.3 Å². The largest absolute Gasteiger partial charge is 0.289 e. The standard InChI is InChI=1S/C14H14N4OS2/c1-4-18(10(3)19)14-17-12(8-21-14)5-11(6-15)13-16-9(2)7-20-13/h5,7-8H,4H2,1-3H3. The fraction of sp³-hybridized carbons (Fsp3) is 0.286. The molecule has 21 heavy (non-hydrogen) atoms. The molecule has 0 atom stereocenters. The van der Waals surface area contributed by atoms with E-state index in [1.54, 1.807) is 11.0 Å². The Hall–Kier alpha value is -2.04. The first-order chi connectivity index (χ1) is 10.0. The molecule has 0 N–H and O–H groups in total. The van der Waals surface area contributed by atoms with Crippen molar-refractivity contribution in [2.24, 2.45) is 0 Å². The van der Waals surface area contributed by atoms with Gasteiger partial charge in [-0.15, -0.1) is 22.7 Å². The fourth-order valence-corrected chi connectivity index (χ4v) is 3.38. The molecular weight excluding hydrogens is 304 g/mol. The maximum absolute atomic E-state index is 11.5. The molecular formula is C14H14N4OS2. The lowest BCUT2D eigenvalue weighted by molar-refractivity contribution is -0.116. The highest BCUT2D eigenvalue weighted by Gasteiger charge is 2.13. The van der Waals surface area contributed by atoms with Crippen LogP contribution in [0.25, 0.3) is 11.6 Å². The molecule has 0 unspecified atom stereocenters. The third-order valence-electron chi connectivity index (χ3n) is 2.70. The van der Waals surface area contributed by atoms with E-state index in [2.05, 4.69) is 16.0 Å². The minimum absolute atomic E-state index is 0.0431. The zero-order valence-corrected chi connectivity index (χ0v) is 13.6. The SMILES string of the molecule is CCN(C(C)=O)c1nc(C=C(C#N)c2nc(C)cs2)cs1. The van der Waals surface area contributed by atoms with Gasteiger partial charge >= 0.3 is 0 Å². The summed E-state index contributed by atoms with van der Waals surface area (Å²) in [5.41, 5.74) is 2.04. The molecule has 0 aliphatic heterocycles. The number of hydrogen-bond acceptors (Lipinski definition) is 6. The van der Waals surface area contributed by atoms with Crippen LogP contribution >= 0.6 is 22.7 Å². The molecule has 0 saturated heterocycles. The quantitative estimate of drug-likeness (QED) is 0.811. The van der Waals surface area contributed by atoms with Crippen LogP contribution in [0.4, 0.5) is 5.13 Å². The van der Waals surface area contributed by atoms with Crippen LogP contribution < -0.4 is 4.90 Å². The number of amides is 1. The number of nitriles is 1. The Bertz CT molecular complexity index is 723. The van der Waals surface area contributed by atoms with E-state index in [1.165, 1.54) is 29.6 Å². The molecule has 0 aromatic carbocycles. The Morgan fingerprint density at radius 1 is 1.43 bits per heavy atom. The van der Waals surface area contributed by atoms with Gasteiger partial charge in [0.25, 0.3) is 0 Å². The second kappa shape index (κ2) is 6.61. The summed E-state index contributed by atoms with van der Waals surface area (Å²) in [5, 5.41) is 14.3. The summed E-state index contributed by atoms with van der Waals surface area (Å²) in [6.07, 6.45) is 1.70. The first-order valence-electron chi connectivity index (χ1n) is 6.33. The predicted molar refractivity (Wildman–Crippen MR) is 86.2 cm³/mol. The average Bonchev–Trinajstić information content (AvgIpc) is 3.06. The number of thiazole rings is 2. The molecule has 0 fully saturated rings. The van der Waals surface area contributed by atoms with Gasteiger partial charge in [-0.3, -0.25) is 9.69 Å². The summed E-state index contributed by atoms with van der Waals surface area (Å²) in [5.74, 6) is -0.0431. The summed E-state index contributed by atoms with van der Waals surface area (Å²) in [7, 11) is 0. The van der Waals surface area contributed by atoms with Crippen LogP contribution in [0.1, 0.15) is 30.2 Å². The number of allylic oxidation sites excluding steroid dienone is 1. The van der Waals surface area contributed by atoms with Crippen LogP contribution in [0.5, 0.6) is 0 Å². The van der Waals surface area contributed by atoms with E-state index in [-0.39, 0.29) is 5.91 Å². The molecule has 0 saturated carbocycles. The molecule has 2 heterocycles. The van der Waals surface area contributed by atoms with Crippen LogP contribution in [0.2, 0.25) is 0 Å². The smallest absolute Gasteiger partial charge is 0.225 e. The Balaban J connectivity index is 2.31. The lowest BCUT2D eigenvalue weighted by Crippen LogP contribution is -2.27. The topological polar surface area (TPSA) is 69.9 Å². The minimum Gasteiger partial charge on any atom is -0.289 e. The van der Waals surface area contributed by atoms with E-state index in [1.807, 2.05) is 24.6 Å². The van der Waals surface area contributed by atoms with Crippen molar-refractivity contribution in [3.05, 3.63) is 27.2 Å². The molecule has 2 aromatic rings. The molecule has 0 aliphatic carbocycles. The van der Waals surface area contributed by atoms with E-state index < -0.39 is 0 Å². The normalized spacial score (nSPS) is 11.2. The van der Waals surface area contributed by atoms with Crippen LogP contribution in [0.3, 0.4) is 0 Å². The van der Waals surface area contributed by atoms with Gasteiger partial charge in [-0.25, -0.2) is 9.97 Å². The molecule has 0 aliphatic rings. The highest BCUT2D eigenvalue weighted by Crippen LogP contribution is 2.25. The van der Waals surface area contributed by atoms with E-state index in [0.717, 1.165) is 5.69 Å². The third kappa shape index (κ3) is 3.54. The Morgan fingerprint density at radius 2 is 2.19 bits per heavy atom. The Morgan fingerprint density at radius 3 is 2.71 bits per heavy atom. The highest BCUT2D eigenvalue weighted by atomic mass is 32.1. The summed E-state index contributed by atoms with van der Waals surface area (Å²) < 4.78 is 0. The Labute approximate surface area is 131 Å². The first-order valence-corrected chi connectivity index (χ1v) is 8.09. The molecule has 0 radical (unpaired) electrons.